The van der Waals surface area contributed by atoms with Gasteiger partial charge < -0.3 is 9.47 Å². The minimum absolute atomic E-state index is 0.122. The number of amides is 2. The maximum atomic E-state index is 11.4. The van der Waals surface area contributed by atoms with E-state index in [4.69, 9.17) is 9.47 Å². The second-order valence-electron chi connectivity index (χ2n) is 4.68. The Bertz CT molecular complexity index is 617. The van der Waals surface area contributed by atoms with Crippen LogP contribution in [0, 0.1) is 0 Å². The van der Waals surface area contributed by atoms with Crippen LogP contribution in [-0.4, -0.2) is 18.8 Å². The van der Waals surface area contributed by atoms with Gasteiger partial charge in [0.2, 0.25) is 0 Å². The molecule has 23 heavy (non-hydrogen) atoms. The minimum Gasteiger partial charge on any atom is -0.448 e. The Kier molecular flexibility index (Phi) is 6.46. The lowest BCUT2D eigenvalue weighted by molar-refractivity contribution is 0.121. The van der Waals surface area contributed by atoms with Crippen LogP contribution in [0.5, 0.6) is 0 Å². The van der Waals surface area contributed by atoms with Crippen molar-refractivity contribution in [1.29, 1.82) is 0 Å². The Morgan fingerprint density at radius 3 is 1.87 bits per heavy atom. The zero-order chi connectivity index (χ0) is 16.3. The molecular weight excluding hydrogens is 296 g/mol. The highest BCUT2D eigenvalue weighted by molar-refractivity contribution is 5.73. The quantitative estimate of drug-likeness (QED) is 0.832. The van der Waals surface area contributed by atoms with Crippen LogP contribution in [0.25, 0.3) is 0 Å². The zero-order valence-corrected chi connectivity index (χ0v) is 12.5. The number of rotatable bonds is 5. The van der Waals surface area contributed by atoms with E-state index in [1.165, 1.54) is 0 Å². The molecular formula is C17H18N2O4. The van der Waals surface area contributed by atoms with Crippen molar-refractivity contribution in [2.75, 3.05) is 6.61 Å². The average Bonchev–Trinajstić information content (AvgIpc) is 2.60. The van der Waals surface area contributed by atoms with Gasteiger partial charge in [0.05, 0.1) is 6.61 Å². The first-order valence-corrected chi connectivity index (χ1v) is 7.17. The number of carbonyl (C=O) groups excluding carboxylic acids is 2. The van der Waals surface area contributed by atoms with Gasteiger partial charge in [0.25, 0.3) is 0 Å². The molecule has 2 rings (SSSR count). The third-order valence-corrected chi connectivity index (χ3v) is 2.95. The number of hydrogen-bond acceptors (Lipinski definition) is 4. The Labute approximate surface area is 134 Å². The molecule has 0 saturated carbocycles. The lowest BCUT2D eigenvalue weighted by atomic mass is 10.2. The number of carbonyl (C=O) groups is 2. The van der Waals surface area contributed by atoms with Crippen molar-refractivity contribution >= 4 is 12.2 Å². The van der Waals surface area contributed by atoms with Crippen molar-refractivity contribution in [3.8, 4) is 0 Å². The third kappa shape index (κ3) is 6.52. The first-order chi connectivity index (χ1) is 11.2. The predicted octanol–water partition coefficient (Wildman–Crippen LogP) is 2.80. The fraction of sp³-hybridized carbons (Fsp3) is 0.176. The largest absolute Gasteiger partial charge is 0.448 e. The molecule has 2 amide bonds. The van der Waals surface area contributed by atoms with E-state index in [0.29, 0.717) is 6.42 Å². The molecule has 0 fully saturated rings. The summed E-state index contributed by atoms with van der Waals surface area (Å²) in [5, 5.41) is 0. The van der Waals surface area contributed by atoms with Gasteiger partial charge in [-0.3, -0.25) is 0 Å². The molecule has 0 spiro atoms. The molecule has 2 aromatic rings. The molecule has 2 N–H and O–H groups in total. The highest BCUT2D eigenvalue weighted by Crippen LogP contribution is 2.00. The van der Waals surface area contributed by atoms with Crippen LogP contribution in [0.3, 0.4) is 0 Å². The van der Waals surface area contributed by atoms with Crippen LogP contribution in [0.2, 0.25) is 0 Å². The Morgan fingerprint density at radius 1 is 0.739 bits per heavy atom. The van der Waals surface area contributed by atoms with Gasteiger partial charge in [0, 0.05) is 6.42 Å². The second kappa shape index (κ2) is 9.09. The van der Waals surface area contributed by atoms with Crippen molar-refractivity contribution < 1.29 is 19.1 Å². The van der Waals surface area contributed by atoms with Crippen LogP contribution in [0.15, 0.2) is 60.7 Å². The fourth-order valence-electron chi connectivity index (χ4n) is 1.80. The maximum absolute atomic E-state index is 11.4. The van der Waals surface area contributed by atoms with Crippen LogP contribution in [0.1, 0.15) is 11.1 Å². The van der Waals surface area contributed by atoms with Crippen LogP contribution < -0.4 is 10.9 Å². The molecule has 0 heterocycles. The molecule has 6 nitrogen and oxygen atoms in total. The predicted molar refractivity (Wildman–Crippen MR) is 84.4 cm³/mol. The van der Waals surface area contributed by atoms with Gasteiger partial charge in [0.15, 0.2) is 0 Å². The zero-order valence-electron chi connectivity index (χ0n) is 12.5. The molecule has 0 aliphatic heterocycles. The van der Waals surface area contributed by atoms with Crippen molar-refractivity contribution in [2.24, 2.45) is 0 Å². The van der Waals surface area contributed by atoms with E-state index in [-0.39, 0.29) is 13.2 Å². The normalized spacial score (nSPS) is 9.74. The summed E-state index contributed by atoms with van der Waals surface area (Å²) in [4.78, 5) is 22.8. The summed E-state index contributed by atoms with van der Waals surface area (Å²) in [5.74, 6) is 0. The highest BCUT2D eigenvalue weighted by atomic mass is 16.6. The van der Waals surface area contributed by atoms with Crippen molar-refractivity contribution in [2.45, 2.75) is 13.0 Å². The summed E-state index contributed by atoms with van der Waals surface area (Å²) in [6.07, 6.45) is -0.890. The monoisotopic (exact) mass is 314 g/mol. The lowest BCUT2D eigenvalue weighted by Gasteiger charge is -2.09. The lowest BCUT2D eigenvalue weighted by Crippen LogP contribution is -2.42. The molecule has 0 saturated heterocycles. The third-order valence-electron chi connectivity index (χ3n) is 2.95. The van der Waals surface area contributed by atoms with Crippen molar-refractivity contribution in [1.82, 2.24) is 10.9 Å². The summed E-state index contributed by atoms with van der Waals surface area (Å²) < 4.78 is 9.87. The van der Waals surface area contributed by atoms with E-state index in [0.717, 1.165) is 11.1 Å². The van der Waals surface area contributed by atoms with Crippen LogP contribution in [-0.2, 0) is 22.5 Å². The number of hydrazine groups is 1. The average molecular weight is 314 g/mol. The van der Waals surface area contributed by atoms with Crippen molar-refractivity contribution in [3.05, 3.63) is 71.8 Å². The molecule has 0 bridgehead atoms. The summed E-state index contributed by atoms with van der Waals surface area (Å²) >= 11 is 0. The van der Waals surface area contributed by atoms with E-state index in [9.17, 15) is 9.59 Å². The molecule has 0 aromatic heterocycles. The molecule has 0 atom stereocenters. The molecule has 0 unspecified atom stereocenters. The van der Waals surface area contributed by atoms with Gasteiger partial charge >= 0.3 is 12.2 Å². The van der Waals surface area contributed by atoms with Crippen molar-refractivity contribution in [3.63, 3.8) is 0 Å². The van der Waals surface area contributed by atoms with Gasteiger partial charge in [0.1, 0.15) is 6.61 Å². The van der Waals surface area contributed by atoms with Gasteiger partial charge in [-0.25, -0.2) is 20.4 Å². The van der Waals surface area contributed by atoms with E-state index in [2.05, 4.69) is 10.9 Å². The van der Waals surface area contributed by atoms with Gasteiger partial charge in [-0.1, -0.05) is 60.7 Å². The molecule has 0 aliphatic carbocycles. The molecule has 6 heteroatoms. The molecule has 0 aliphatic rings. The molecule has 2 aromatic carbocycles. The van der Waals surface area contributed by atoms with Crippen LogP contribution >= 0.6 is 0 Å². The number of benzene rings is 2. The molecule has 0 radical (unpaired) electrons. The summed E-state index contributed by atoms with van der Waals surface area (Å²) in [6, 6.07) is 18.9. The first-order valence-electron chi connectivity index (χ1n) is 7.17. The van der Waals surface area contributed by atoms with Gasteiger partial charge in [-0.2, -0.15) is 0 Å². The van der Waals surface area contributed by atoms with Gasteiger partial charge in [-0.15, -0.1) is 0 Å². The first kappa shape index (κ1) is 16.4. The van der Waals surface area contributed by atoms with Crippen LogP contribution in [0.4, 0.5) is 9.59 Å². The summed E-state index contributed by atoms with van der Waals surface area (Å²) in [5.41, 5.74) is 6.15. The summed E-state index contributed by atoms with van der Waals surface area (Å²) in [7, 11) is 0. The Hall–Kier alpha value is -3.02. The van der Waals surface area contributed by atoms with E-state index in [1.54, 1.807) is 0 Å². The number of hydrogen-bond donors (Lipinski definition) is 2. The topological polar surface area (TPSA) is 76.7 Å². The van der Waals surface area contributed by atoms with E-state index in [1.807, 2.05) is 60.7 Å². The Morgan fingerprint density at radius 2 is 1.26 bits per heavy atom. The summed E-state index contributed by atoms with van der Waals surface area (Å²) in [6.45, 7) is 0.341. The molecule has 120 valence electrons. The number of ether oxygens (including phenoxy) is 2. The smallest absolute Gasteiger partial charge is 0.426 e. The standard InChI is InChI=1S/C17H18N2O4/c20-16(22-12-11-14-7-3-1-4-8-14)18-19-17(21)23-13-15-9-5-2-6-10-15/h1-10H,11-13H2,(H,18,20)(H,19,21). The Balaban J connectivity index is 1.57. The SMILES string of the molecule is O=C(NNC(=O)OCc1ccccc1)OCCc1ccccc1. The maximum Gasteiger partial charge on any atom is 0.426 e. The highest BCUT2D eigenvalue weighted by Gasteiger charge is 2.06. The minimum atomic E-state index is -0.756. The van der Waals surface area contributed by atoms with Gasteiger partial charge in [-0.05, 0) is 11.1 Å². The second-order valence-corrected chi connectivity index (χ2v) is 4.68. The number of nitrogens with one attached hydrogen (secondary N) is 2. The van der Waals surface area contributed by atoms with E-state index >= 15 is 0 Å². The van der Waals surface area contributed by atoms with E-state index < -0.39 is 12.2 Å². The fourth-order valence-corrected chi connectivity index (χ4v) is 1.80.